The number of hydrogen-bond acceptors (Lipinski definition) is 2. The van der Waals surface area contributed by atoms with Gasteiger partial charge in [0.1, 0.15) is 5.75 Å². The average Bonchev–Trinajstić information content (AvgIpc) is 2.27. The Morgan fingerprint density at radius 1 is 1.21 bits per heavy atom. The van der Waals surface area contributed by atoms with Gasteiger partial charge < -0.3 is 10.5 Å². The predicted octanol–water partition coefficient (Wildman–Crippen LogP) is 4.57. The highest BCUT2D eigenvalue weighted by atomic mass is 16.5. The molecule has 108 valence electrons. The fourth-order valence-corrected chi connectivity index (χ4v) is 2.20. The zero-order valence-corrected chi connectivity index (χ0v) is 13.3. The highest BCUT2D eigenvalue weighted by Crippen LogP contribution is 2.34. The van der Waals surface area contributed by atoms with Crippen molar-refractivity contribution in [2.45, 2.75) is 71.9 Å². The fraction of sp³-hybridized carbons (Fsp3) is 0.647. The van der Waals surface area contributed by atoms with E-state index < -0.39 is 0 Å². The largest absolute Gasteiger partial charge is 0.491 e. The van der Waals surface area contributed by atoms with Gasteiger partial charge in [-0.3, -0.25) is 0 Å². The number of rotatable bonds is 5. The first-order chi connectivity index (χ1) is 8.75. The summed E-state index contributed by atoms with van der Waals surface area (Å²) in [5.74, 6) is 0.981. The van der Waals surface area contributed by atoms with Gasteiger partial charge in [-0.1, -0.05) is 46.2 Å². The van der Waals surface area contributed by atoms with E-state index in [1.165, 1.54) is 11.1 Å². The van der Waals surface area contributed by atoms with Gasteiger partial charge in [-0.25, -0.2) is 0 Å². The monoisotopic (exact) mass is 263 g/mol. The Kier molecular flexibility index (Phi) is 5.42. The van der Waals surface area contributed by atoms with Gasteiger partial charge in [0.2, 0.25) is 0 Å². The molecule has 0 fully saturated rings. The molecule has 2 nitrogen and oxygen atoms in total. The maximum Gasteiger partial charge on any atom is 0.123 e. The molecule has 1 atom stereocenters. The van der Waals surface area contributed by atoms with Crippen LogP contribution in [-0.4, -0.2) is 6.10 Å². The number of hydrogen-bond donors (Lipinski definition) is 1. The third-order valence-electron chi connectivity index (χ3n) is 3.20. The molecule has 0 aromatic heterocycles. The molecule has 0 spiro atoms. The lowest BCUT2D eigenvalue weighted by atomic mass is 9.84. The van der Waals surface area contributed by atoms with Gasteiger partial charge in [-0.2, -0.15) is 0 Å². The molecule has 0 saturated carbocycles. The Bertz CT molecular complexity index is 404. The Morgan fingerprint density at radius 3 is 2.32 bits per heavy atom. The lowest BCUT2D eigenvalue weighted by Crippen LogP contribution is -2.18. The van der Waals surface area contributed by atoms with E-state index in [1.807, 2.05) is 0 Å². The molecule has 2 N–H and O–H groups in total. The normalized spacial score (nSPS) is 13.7. The van der Waals surface area contributed by atoms with Crippen molar-refractivity contribution in [1.82, 2.24) is 0 Å². The van der Waals surface area contributed by atoms with Crippen LogP contribution in [0.15, 0.2) is 18.2 Å². The fourth-order valence-electron chi connectivity index (χ4n) is 2.20. The van der Waals surface area contributed by atoms with Gasteiger partial charge in [0.25, 0.3) is 0 Å². The number of benzene rings is 1. The van der Waals surface area contributed by atoms with E-state index >= 15 is 0 Å². The zero-order chi connectivity index (χ0) is 14.6. The number of nitrogens with two attached hydrogens (primary N) is 1. The van der Waals surface area contributed by atoms with E-state index in [1.54, 1.807) is 0 Å². The Hall–Kier alpha value is -1.02. The second-order valence-corrected chi connectivity index (χ2v) is 6.57. The van der Waals surface area contributed by atoms with Crippen molar-refractivity contribution in [3.8, 4) is 5.75 Å². The van der Waals surface area contributed by atoms with Crippen LogP contribution in [0.2, 0.25) is 0 Å². The summed E-state index contributed by atoms with van der Waals surface area (Å²) in [5, 5.41) is 0. The van der Waals surface area contributed by atoms with Crippen molar-refractivity contribution in [1.29, 1.82) is 0 Å². The standard InChI is InChI=1S/C17H29NO/c1-7-8-15(18)13-9-10-16(19-12(2)3)14(11-13)17(4,5)6/h9-12,15H,7-8,18H2,1-6H3. The molecule has 1 aromatic carbocycles. The van der Waals surface area contributed by atoms with E-state index in [4.69, 9.17) is 10.5 Å². The van der Waals surface area contributed by atoms with Gasteiger partial charge in [0.15, 0.2) is 0 Å². The first kappa shape index (κ1) is 16.0. The molecule has 0 radical (unpaired) electrons. The molecular formula is C17H29NO. The Labute approximate surface area is 118 Å². The summed E-state index contributed by atoms with van der Waals surface area (Å²) in [5.41, 5.74) is 8.74. The van der Waals surface area contributed by atoms with Crippen LogP contribution >= 0.6 is 0 Å². The molecular weight excluding hydrogens is 234 g/mol. The summed E-state index contributed by atoms with van der Waals surface area (Å²) in [7, 11) is 0. The molecule has 0 saturated heterocycles. The minimum absolute atomic E-state index is 0.0617. The molecule has 19 heavy (non-hydrogen) atoms. The van der Waals surface area contributed by atoms with E-state index in [9.17, 15) is 0 Å². The lowest BCUT2D eigenvalue weighted by molar-refractivity contribution is 0.236. The molecule has 0 aliphatic rings. The van der Waals surface area contributed by atoms with Gasteiger partial charge in [-0.05, 0) is 42.9 Å². The predicted molar refractivity (Wildman–Crippen MR) is 82.7 cm³/mol. The first-order valence-corrected chi connectivity index (χ1v) is 7.32. The second-order valence-electron chi connectivity index (χ2n) is 6.57. The minimum atomic E-state index is 0.0617. The van der Waals surface area contributed by atoms with Crippen molar-refractivity contribution in [3.63, 3.8) is 0 Å². The molecule has 0 bridgehead atoms. The molecule has 0 aliphatic carbocycles. The third-order valence-corrected chi connectivity index (χ3v) is 3.20. The quantitative estimate of drug-likeness (QED) is 0.844. The summed E-state index contributed by atoms with van der Waals surface area (Å²) < 4.78 is 5.93. The molecule has 0 aliphatic heterocycles. The van der Waals surface area contributed by atoms with Gasteiger partial charge in [-0.15, -0.1) is 0 Å². The summed E-state index contributed by atoms with van der Waals surface area (Å²) in [4.78, 5) is 0. The molecule has 1 aromatic rings. The maximum absolute atomic E-state index is 6.23. The van der Waals surface area contributed by atoms with Crippen LogP contribution in [0.4, 0.5) is 0 Å². The van der Waals surface area contributed by atoms with Crippen LogP contribution in [0.3, 0.4) is 0 Å². The number of ether oxygens (including phenoxy) is 1. The zero-order valence-electron chi connectivity index (χ0n) is 13.3. The molecule has 1 rings (SSSR count). The molecule has 1 unspecified atom stereocenters. The van der Waals surface area contributed by atoms with Crippen molar-refractivity contribution in [3.05, 3.63) is 29.3 Å². The minimum Gasteiger partial charge on any atom is -0.491 e. The van der Waals surface area contributed by atoms with E-state index in [-0.39, 0.29) is 17.6 Å². The first-order valence-electron chi connectivity index (χ1n) is 7.32. The van der Waals surface area contributed by atoms with Crippen LogP contribution in [0, 0.1) is 0 Å². The highest BCUT2D eigenvalue weighted by Gasteiger charge is 2.21. The van der Waals surface area contributed by atoms with Gasteiger partial charge in [0.05, 0.1) is 6.10 Å². The summed E-state index contributed by atoms with van der Waals surface area (Å²) in [6.07, 6.45) is 2.32. The van der Waals surface area contributed by atoms with E-state index in [0.29, 0.717) is 0 Å². The summed E-state index contributed by atoms with van der Waals surface area (Å²) in [6, 6.07) is 6.52. The summed E-state index contributed by atoms with van der Waals surface area (Å²) >= 11 is 0. The van der Waals surface area contributed by atoms with E-state index in [0.717, 1.165) is 18.6 Å². The van der Waals surface area contributed by atoms with Gasteiger partial charge >= 0.3 is 0 Å². The molecule has 2 heteroatoms. The van der Waals surface area contributed by atoms with Crippen LogP contribution in [-0.2, 0) is 5.41 Å². The highest BCUT2D eigenvalue weighted by molar-refractivity contribution is 5.42. The molecule has 0 amide bonds. The van der Waals surface area contributed by atoms with Crippen molar-refractivity contribution >= 4 is 0 Å². The Morgan fingerprint density at radius 2 is 1.84 bits per heavy atom. The maximum atomic E-state index is 6.23. The van der Waals surface area contributed by atoms with E-state index in [2.05, 4.69) is 59.7 Å². The smallest absolute Gasteiger partial charge is 0.123 e. The van der Waals surface area contributed by atoms with Crippen molar-refractivity contribution < 1.29 is 4.74 Å². The van der Waals surface area contributed by atoms with Crippen LogP contribution in [0.1, 0.15) is 71.6 Å². The topological polar surface area (TPSA) is 35.2 Å². The van der Waals surface area contributed by atoms with Crippen LogP contribution in [0.5, 0.6) is 5.75 Å². The summed E-state index contributed by atoms with van der Waals surface area (Å²) in [6.45, 7) is 12.9. The van der Waals surface area contributed by atoms with Gasteiger partial charge in [0, 0.05) is 6.04 Å². The third kappa shape index (κ3) is 4.54. The van der Waals surface area contributed by atoms with Crippen molar-refractivity contribution in [2.75, 3.05) is 0 Å². The van der Waals surface area contributed by atoms with Crippen LogP contribution in [0.25, 0.3) is 0 Å². The SMILES string of the molecule is CCCC(N)c1ccc(OC(C)C)c(C(C)(C)C)c1. The van der Waals surface area contributed by atoms with Crippen molar-refractivity contribution in [2.24, 2.45) is 5.73 Å². The lowest BCUT2D eigenvalue weighted by Gasteiger charge is -2.26. The second kappa shape index (κ2) is 6.42. The Balaban J connectivity index is 3.15. The van der Waals surface area contributed by atoms with Crippen LogP contribution < -0.4 is 10.5 Å². The average molecular weight is 263 g/mol. The molecule has 0 heterocycles.